The van der Waals surface area contributed by atoms with Crippen LogP contribution in [0.15, 0.2) is 36.5 Å². The molecule has 4 heteroatoms. The van der Waals surface area contributed by atoms with Crippen molar-refractivity contribution in [2.75, 3.05) is 6.61 Å². The van der Waals surface area contributed by atoms with Crippen LogP contribution in [-0.2, 0) is 11.3 Å². The van der Waals surface area contributed by atoms with Gasteiger partial charge in [0.25, 0.3) is 5.91 Å². The molecule has 3 rings (SSSR count). The molecule has 0 saturated carbocycles. The van der Waals surface area contributed by atoms with Crippen LogP contribution in [0.5, 0.6) is 0 Å². The molecule has 1 fully saturated rings. The molecule has 2 heterocycles. The molecule has 1 amide bonds. The van der Waals surface area contributed by atoms with Gasteiger partial charge in [0.15, 0.2) is 0 Å². The zero-order chi connectivity index (χ0) is 14.8. The number of aromatic nitrogens is 1. The van der Waals surface area contributed by atoms with E-state index in [9.17, 15) is 4.79 Å². The number of nitrogens with two attached hydrogens (primary N) is 1. The van der Waals surface area contributed by atoms with Crippen LogP contribution >= 0.6 is 0 Å². The molecular formula is C17H20N2O2. The van der Waals surface area contributed by atoms with Gasteiger partial charge in [0.2, 0.25) is 0 Å². The summed E-state index contributed by atoms with van der Waals surface area (Å²) in [5.41, 5.74) is 9.24. The predicted octanol–water partition coefficient (Wildman–Crippen LogP) is 2.74. The quantitative estimate of drug-likeness (QED) is 0.938. The van der Waals surface area contributed by atoms with Crippen LogP contribution in [0.3, 0.4) is 0 Å². The van der Waals surface area contributed by atoms with E-state index in [0.29, 0.717) is 12.2 Å². The monoisotopic (exact) mass is 284 g/mol. The number of primary amides is 1. The summed E-state index contributed by atoms with van der Waals surface area (Å²) in [6.07, 6.45) is 4.31. The zero-order valence-electron chi connectivity index (χ0n) is 12.2. The number of carbonyl (C=O) groups is 1. The van der Waals surface area contributed by atoms with Gasteiger partial charge in [-0.3, -0.25) is 4.79 Å². The maximum Gasteiger partial charge on any atom is 0.265 e. The molecule has 1 aliphatic heterocycles. The fraction of sp³-hybridized carbons (Fsp3) is 0.353. The second-order valence-corrected chi connectivity index (χ2v) is 5.55. The lowest BCUT2D eigenvalue weighted by atomic mass is 10.0. The highest BCUT2D eigenvalue weighted by Gasteiger charge is 2.23. The molecule has 2 aromatic rings. The number of rotatable bonds is 4. The average molecular weight is 284 g/mol. The van der Waals surface area contributed by atoms with Crippen LogP contribution in [0.4, 0.5) is 0 Å². The van der Waals surface area contributed by atoms with E-state index >= 15 is 0 Å². The Kier molecular flexibility index (Phi) is 3.80. The van der Waals surface area contributed by atoms with Crippen molar-refractivity contribution in [3.63, 3.8) is 0 Å². The van der Waals surface area contributed by atoms with E-state index in [0.717, 1.165) is 36.1 Å². The van der Waals surface area contributed by atoms with Crippen molar-refractivity contribution in [2.45, 2.75) is 32.4 Å². The summed E-state index contributed by atoms with van der Waals surface area (Å²) in [6, 6.07) is 9.91. The maximum atomic E-state index is 12.0. The minimum Gasteiger partial charge on any atom is -0.376 e. The van der Waals surface area contributed by atoms with E-state index in [1.807, 2.05) is 48.0 Å². The fourth-order valence-corrected chi connectivity index (χ4v) is 3.08. The number of hydrogen-bond donors (Lipinski definition) is 1. The maximum absolute atomic E-state index is 12.0. The average Bonchev–Trinajstić information content (AvgIpc) is 3.08. The van der Waals surface area contributed by atoms with Crippen molar-refractivity contribution in [3.8, 4) is 11.1 Å². The van der Waals surface area contributed by atoms with Gasteiger partial charge in [-0.2, -0.15) is 0 Å². The molecule has 4 nitrogen and oxygen atoms in total. The van der Waals surface area contributed by atoms with E-state index in [-0.39, 0.29) is 12.0 Å². The van der Waals surface area contributed by atoms with Gasteiger partial charge in [-0.25, -0.2) is 0 Å². The van der Waals surface area contributed by atoms with Crippen LogP contribution in [0, 0.1) is 6.92 Å². The summed E-state index contributed by atoms with van der Waals surface area (Å²) < 4.78 is 7.63. The molecule has 21 heavy (non-hydrogen) atoms. The summed E-state index contributed by atoms with van der Waals surface area (Å²) in [5.74, 6) is -0.389. The summed E-state index contributed by atoms with van der Waals surface area (Å²) >= 11 is 0. The van der Waals surface area contributed by atoms with Crippen molar-refractivity contribution >= 4 is 5.91 Å². The van der Waals surface area contributed by atoms with E-state index in [1.54, 1.807) is 0 Å². The second-order valence-electron chi connectivity index (χ2n) is 5.55. The molecule has 1 unspecified atom stereocenters. The second kappa shape index (κ2) is 5.74. The van der Waals surface area contributed by atoms with Gasteiger partial charge >= 0.3 is 0 Å². The fourth-order valence-electron chi connectivity index (χ4n) is 3.08. The highest BCUT2D eigenvalue weighted by Crippen LogP contribution is 2.30. The SMILES string of the molecule is Cc1cn(CC2CCCO2)c(C(N)=O)c1-c1ccccc1. The van der Waals surface area contributed by atoms with Gasteiger partial charge in [0.1, 0.15) is 5.69 Å². The third-order valence-electron chi connectivity index (χ3n) is 3.99. The highest BCUT2D eigenvalue weighted by atomic mass is 16.5. The first kappa shape index (κ1) is 13.9. The number of carbonyl (C=O) groups excluding carboxylic acids is 1. The molecule has 0 radical (unpaired) electrons. The van der Waals surface area contributed by atoms with Gasteiger partial charge in [-0.05, 0) is 30.9 Å². The first-order valence-corrected chi connectivity index (χ1v) is 7.33. The lowest BCUT2D eigenvalue weighted by molar-refractivity contribution is 0.0922. The van der Waals surface area contributed by atoms with Crippen LogP contribution in [0.25, 0.3) is 11.1 Å². The molecule has 0 spiro atoms. The van der Waals surface area contributed by atoms with Crippen LogP contribution < -0.4 is 5.73 Å². The number of hydrogen-bond acceptors (Lipinski definition) is 2. The third kappa shape index (κ3) is 2.72. The Balaban J connectivity index is 2.03. The molecule has 0 aliphatic carbocycles. The predicted molar refractivity (Wildman–Crippen MR) is 82.1 cm³/mol. The van der Waals surface area contributed by atoms with Crippen LogP contribution in [-0.4, -0.2) is 23.2 Å². The highest BCUT2D eigenvalue weighted by molar-refractivity contribution is 5.99. The van der Waals surface area contributed by atoms with Crippen LogP contribution in [0.1, 0.15) is 28.9 Å². The van der Waals surface area contributed by atoms with Crippen LogP contribution in [0.2, 0.25) is 0 Å². The van der Waals surface area contributed by atoms with E-state index in [1.165, 1.54) is 0 Å². The number of amides is 1. The smallest absolute Gasteiger partial charge is 0.265 e. The largest absolute Gasteiger partial charge is 0.376 e. The topological polar surface area (TPSA) is 57.2 Å². The summed E-state index contributed by atoms with van der Waals surface area (Å²) in [6.45, 7) is 3.51. The lowest BCUT2D eigenvalue weighted by Gasteiger charge is -2.13. The Bertz CT molecular complexity index is 640. The first-order chi connectivity index (χ1) is 10.2. The molecule has 1 saturated heterocycles. The summed E-state index contributed by atoms with van der Waals surface area (Å²) in [4.78, 5) is 12.0. The van der Waals surface area contributed by atoms with E-state index < -0.39 is 0 Å². The van der Waals surface area contributed by atoms with Crippen molar-refractivity contribution < 1.29 is 9.53 Å². The molecule has 110 valence electrons. The van der Waals surface area contributed by atoms with Crippen molar-refractivity contribution in [1.29, 1.82) is 0 Å². The summed E-state index contributed by atoms with van der Waals surface area (Å²) in [7, 11) is 0. The molecule has 0 bridgehead atoms. The minimum absolute atomic E-state index is 0.179. The van der Waals surface area contributed by atoms with Gasteiger partial charge in [0.05, 0.1) is 6.10 Å². The zero-order valence-corrected chi connectivity index (χ0v) is 12.2. The molecule has 1 aromatic heterocycles. The Morgan fingerprint density at radius 2 is 2.14 bits per heavy atom. The molecule has 1 atom stereocenters. The number of ether oxygens (including phenoxy) is 1. The molecule has 1 aliphatic rings. The van der Waals surface area contributed by atoms with Gasteiger partial charge in [-0.1, -0.05) is 30.3 Å². The minimum atomic E-state index is -0.389. The third-order valence-corrected chi connectivity index (χ3v) is 3.99. The number of nitrogens with zero attached hydrogens (tertiary/aromatic N) is 1. The van der Waals surface area contributed by atoms with E-state index in [4.69, 9.17) is 10.5 Å². The van der Waals surface area contributed by atoms with Gasteiger partial charge in [0, 0.05) is 24.9 Å². The first-order valence-electron chi connectivity index (χ1n) is 7.33. The molecule has 2 N–H and O–H groups in total. The number of benzene rings is 1. The molecule has 1 aromatic carbocycles. The lowest BCUT2D eigenvalue weighted by Crippen LogP contribution is -2.22. The Morgan fingerprint density at radius 1 is 1.38 bits per heavy atom. The standard InChI is InChI=1S/C17H20N2O2/c1-12-10-19(11-14-8-5-9-21-14)16(17(18)20)15(12)13-6-3-2-4-7-13/h2-4,6-7,10,14H,5,8-9,11H2,1H3,(H2,18,20). The Morgan fingerprint density at radius 3 is 2.76 bits per heavy atom. The Labute approximate surface area is 124 Å². The normalized spacial score (nSPS) is 18.0. The van der Waals surface area contributed by atoms with Crippen molar-refractivity contribution in [1.82, 2.24) is 4.57 Å². The van der Waals surface area contributed by atoms with Crippen molar-refractivity contribution in [3.05, 3.63) is 47.8 Å². The summed E-state index contributed by atoms with van der Waals surface area (Å²) in [5, 5.41) is 0. The molecular weight excluding hydrogens is 264 g/mol. The Hall–Kier alpha value is -2.07. The number of aryl methyl sites for hydroxylation is 1. The van der Waals surface area contributed by atoms with E-state index in [2.05, 4.69) is 0 Å². The van der Waals surface area contributed by atoms with Gasteiger partial charge in [-0.15, -0.1) is 0 Å². The van der Waals surface area contributed by atoms with Crippen molar-refractivity contribution in [2.24, 2.45) is 5.73 Å². The van der Waals surface area contributed by atoms with Gasteiger partial charge < -0.3 is 15.0 Å².